The number of aryl methyl sites for hydroxylation is 1. The van der Waals surface area contributed by atoms with E-state index in [2.05, 4.69) is 5.32 Å². The Labute approximate surface area is 160 Å². The molecule has 1 atom stereocenters. The fourth-order valence-corrected chi connectivity index (χ4v) is 4.42. The fourth-order valence-electron chi connectivity index (χ4n) is 2.74. The molecular weight excluding hydrogens is 362 g/mol. The molecule has 0 heterocycles. The van der Waals surface area contributed by atoms with Crippen molar-refractivity contribution < 1.29 is 13.2 Å². The van der Waals surface area contributed by atoms with Crippen molar-refractivity contribution in [1.29, 1.82) is 0 Å². The zero-order chi connectivity index (χ0) is 19.9. The van der Waals surface area contributed by atoms with Gasteiger partial charge in [0, 0.05) is 5.69 Å². The van der Waals surface area contributed by atoms with Crippen LogP contribution >= 0.6 is 0 Å². The second-order valence-electron chi connectivity index (χ2n) is 6.70. The number of hydrogen-bond acceptors (Lipinski definition) is 5. The van der Waals surface area contributed by atoms with Crippen LogP contribution < -0.4 is 16.8 Å². The van der Waals surface area contributed by atoms with Gasteiger partial charge in [-0.3, -0.25) is 4.79 Å². The number of unbranched alkanes of at least 4 members (excludes halogenated alkanes) is 1. The monoisotopic (exact) mass is 389 g/mol. The van der Waals surface area contributed by atoms with E-state index in [-0.39, 0.29) is 12.2 Å². The van der Waals surface area contributed by atoms with Gasteiger partial charge in [0.1, 0.15) is 0 Å². The van der Waals surface area contributed by atoms with Gasteiger partial charge >= 0.3 is 0 Å². The second kappa shape index (κ2) is 9.12. The molecule has 2 aromatic rings. The highest BCUT2D eigenvalue weighted by molar-refractivity contribution is 7.92. The number of nitrogens with one attached hydrogen (secondary N) is 1. The SMILES string of the molecule is Cc1ccc(NC(=O)[C@](N)(CCCCN)S(=O)(=O)Cc2ccccc2)cc1. The van der Waals surface area contributed by atoms with Gasteiger partial charge in [0.05, 0.1) is 5.75 Å². The van der Waals surface area contributed by atoms with Gasteiger partial charge in [-0.05, 0) is 50.4 Å². The lowest BCUT2D eigenvalue weighted by molar-refractivity contribution is -0.118. The standard InChI is InChI=1S/C20H27N3O3S/c1-16-9-11-18(12-10-16)23-19(24)20(22,13-5-6-14-21)27(25,26)15-17-7-3-2-4-8-17/h2-4,7-12H,5-6,13-15,21-22H2,1H3,(H,23,24)/t20-/m0/s1. The van der Waals surface area contributed by atoms with Gasteiger partial charge in [-0.2, -0.15) is 0 Å². The molecule has 7 heteroatoms. The maximum atomic E-state index is 13.1. The highest BCUT2D eigenvalue weighted by atomic mass is 32.2. The summed E-state index contributed by atoms with van der Waals surface area (Å²) in [5.74, 6) is -1.02. The van der Waals surface area contributed by atoms with Crippen molar-refractivity contribution in [3.05, 3.63) is 65.7 Å². The number of anilines is 1. The van der Waals surface area contributed by atoms with Gasteiger partial charge in [0.2, 0.25) is 0 Å². The minimum Gasteiger partial charge on any atom is -0.330 e. The number of amides is 1. The molecule has 0 aliphatic rings. The Morgan fingerprint density at radius 2 is 1.67 bits per heavy atom. The third-order valence-electron chi connectivity index (χ3n) is 4.45. The third-order valence-corrected chi connectivity index (χ3v) is 6.66. The minimum atomic E-state index is -3.96. The average Bonchev–Trinajstić information content (AvgIpc) is 2.64. The first kappa shape index (κ1) is 21.1. The number of benzene rings is 2. The molecule has 0 radical (unpaired) electrons. The van der Waals surface area contributed by atoms with E-state index in [0.717, 1.165) is 5.56 Å². The summed E-state index contributed by atoms with van der Waals surface area (Å²) >= 11 is 0. The van der Waals surface area contributed by atoms with E-state index in [1.807, 2.05) is 19.1 Å². The van der Waals surface area contributed by atoms with Gasteiger partial charge < -0.3 is 16.8 Å². The van der Waals surface area contributed by atoms with Crippen LogP contribution in [0.4, 0.5) is 5.69 Å². The molecule has 0 spiro atoms. The predicted molar refractivity (Wildman–Crippen MR) is 109 cm³/mol. The lowest BCUT2D eigenvalue weighted by Crippen LogP contribution is -2.57. The molecule has 146 valence electrons. The van der Waals surface area contributed by atoms with E-state index in [9.17, 15) is 13.2 Å². The van der Waals surface area contributed by atoms with Crippen molar-refractivity contribution in [3.63, 3.8) is 0 Å². The first-order chi connectivity index (χ1) is 12.8. The van der Waals surface area contributed by atoms with Crippen LogP contribution in [0.15, 0.2) is 54.6 Å². The molecule has 27 heavy (non-hydrogen) atoms. The Morgan fingerprint density at radius 3 is 2.26 bits per heavy atom. The Hall–Kier alpha value is -2.22. The van der Waals surface area contributed by atoms with Crippen LogP contribution in [0.2, 0.25) is 0 Å². The second-order valence-corrected chi connectivity index (χ2v) is 8.95. The van der Waals surface area contributed by atoms with Crippen molar-refractivity contribution in [2.24, 2.45) is 11.5 Å². The van der Waals surface area contributed by atoms with Gasteiger partial charge in [-0.25, -0.2) is 8.42 Å². The van der Waals surface area contributed by atoms with Crippen LogP contribution in [-0.4, -0.2) is 25.7 Å². The van der Waals surface area contributed by atoms with Crippen LogP contribution in [0, 0.1) is 6.92 Å². The molecule has 2 rings (SSSR count). The number of hydrogen-bond donors (Lipinski definition) is 3. The summed E-state index contributed by atoms with van der Waals surface area (Å²) in [6, 6.07) is 15.8. The van der Waals surface area contributed by atoms with Gasteiger partial charge in [-0.1, -0.05) is 48.0 Å². The van der Waals surface area contributed by atoms with Crippen molar-refractivity contribution in [3.8, 4) is 0 Å². The summed E-state index contributed by atoms with van der Waals surface area (Å²) < 4.78 is 26.2. The van der Waals surface area contributed by atoms with E-state index < -0.39 is 20.6 Å². The lowest BCUT2D eigenvalue weighted by Gasteiger charge is -2.28. The molecule has 0 fully saturated rings. The van der Waals surface area contributed by atoms with Crippen molar-refractivity contribution in [1.82, 2.24) is 0 Å². The molecule has 0 saturated heterocycles. The quantitative estimate of drug-likeness (QED) is 0.569. The molecule has 0 bridgehead atoms. The van der Waals surface area contributed by atoms with Crippen LogP contribution in [0.25, 0.3) is 0 Å². The maximum absolute atomic E-state index is 13.1. The van der Waals surface area contributed by atoms with Gasteiger partial charge in [-0.15, -0.1) is 0 Å². The summed E-state index contributed by atoms with van der Waals surface area (Å²) in [7, 11) is -3.96. The molecule has 0 aliphatic heterocycles. The van der Waals surface area contributed by atoms with E-state index >= 15 is 0 Å². The highest BCUT2D eigenvalue weighted by Crippen LogP contribution is 2.25. The smallest absolute Gasteiger partial charge is 0.260 e. The summed E-state index contributed by atoms with van der Waals surface area (Å²) in [5, 5.41) is 2.65. The Morgan fingerprint density at radius 1 is 1.04 bits per heavy atom. The number of sulfone groups is 1. The van der Waals surface area contributed by atoms with Crippen molar-refractivity contribution in [2.75, 3.05) is 11.9 Å². The van der Waals surface area contributed by atoms with E-state index in [4.69, 9.17) is 11.5 Å². The van der Waals surface area contributed by atoms with Gasteiger partial charge in [0.25, 0.3) is 5.91 Å². The summed E-state index contributed by atoms with van der Waals surface area (Å²) in [4.78, 5) is 10.9. The van der Waals surface area contributed by atoms with Gasteiger partial charge in [0.15, 0.2) is 14.7 Å². The summed E-state index contributed by atoms with van der Waals surface area (Å²) in [6.07, 6.45) is 1.05. The molecule has 5 N–H and O–H groups in total. The van der Waals surface area contributed by atoms with Crippen molar-refractivity contribution in [2.45, 2.75) is 36.8 Å². The zero-order valence-corrected chi connectivity index (χ0v) is 16.3. The normalized spacial score (nSPS) is 13.7. The summed E-state index contributed by atoms with van der Waals surface area (Å²) in [6.45, 7) is 2.34. The number of rotatable bonds is 9. The maximum Gasteiger partial charge on any atom is 0.260 e. The molecule has 2 aromatic carbocycles. The van der Waals surface area contributed by atoms with Crippen LogP contribution in [0.3, 0.4) is 0 Å². The predicted octanol–water partition coefficient (Wildman–Crippen LogP) is 2.33. The van der Waals surface area contributed by atoms with Crippen molar-refractivity contribution >= 4 is 21.4 Å². The highest BCUT2D eigenvalue weighted by Gasteiger charge is 2.46. The Kier molecular flexibility index (Phi) is 7.12. The van der Waals surface area contributed by atoms with Crippen LogP contribution in [0.5, 0.6) is 0 Å². The van der Waals surface area contributed by atoms with E-state index in [1.54, 1.807) is 42.5 Å². The minimum absolute atomic E-state index is 0.0110. The fraction of sp³-hybridized carbons (Fsp3) is 0.350. The largest absolute Gasteiger partial charge is 0.330 e. The first-order valence-corrected chi connectivity index (χ1v) is 10.6. The molecular formula is C20H27N3O3S. The first-order valence-electron chi connectivity index (χ1n) is 8.92. The zero-order valence-electron chi connectivity index (χ0n) is 15.5. The molecule has 1 amide bonds. The molecule has 6 nitrogen and oxygen atoms in total. The van der Waals surface area contributed by atoms with E-state index in [1.165, 1.54) is 0 Å². The molecule has 0 aromatic heterocycles. The Bertz CT molecular complexity index is 852. The lowest BCUT2D eigenvalue weighted by atomic mass is 10.1. The summed E-state index contributed by atoms with van der Waals surface area (Å²) in [5.41, 5.74) is 13.9. The Balaban J connectivity index is 2.29. The number of nitrogens with two attached hydrogens (primary N) is 2. The third kappa shape index (κ3) is 5.38. The average molecular weight is 390 g/mol. The number of carbonyl (C=O) groups is 1. The van der Waals surface area contributed by atoms with Crippen LogP contribution in [0.1, 0.15) is 30.4 Å². The molecule has 0 saturated carbocycles. The topological polar surface area (TPSA) is 115 Å². The molecule has 0 aliphatic carbocycles. The number of carbonyl (C=O) groups excluding carboxylic acids is 1. The molecule has 0 unspecified atom stereocenters. The van der Waals surface area contributed by atoms with Crippen LogP contribution in [-0.2, 0) is 20.4 Å². The van der Waals surface area contributed by atoms with E-state index in [0.29, 0.717) is 30.6 Å².